The summed E-state index contributed by atoms with van der Waals surface area (Å²) in [6, 6.07) is 1.52. The Morgan fingerprint density at radius 2 is 2.29 bits per heavy atom. The number of amides is 1. The van der Waals surface area contributed by atoms with E-state index in [0.29, 0.717) is 12.5 Å². The van der Waals surface area contributed by atoms with Gasteiger partial charge in [-0.15, -0.1) is 0 Å². The number of nitrogens with zero attached hydrogens (tertiary/aromatic N) is 2. The number of aromatic nitrogens is 1. The number of nitrogens with two attached hydrogens (primary N) is 1. The Kier molecular flexibility index (Phi) is 3.00. The van der Waals surface area contributed by atoms with E-state index in [1.165, 1.54) is 12.3 Å². The van der Waals surface area contributed by atoms with Crippen LogP contribution in [0.3, 0.4) is 0 Å². The highest BCUT2D eigenvalue weighted by Crippen LogP contribution is 2.25. The van der Waals surface area contributed by atoms with E-state index in [-0.39, 0.29) is 23.3 Å². The molecule has 1 saturated heterocycles. The first kappa shape index (κ1) is 11.8. The Morgan fingerprint density at radius 3 is 2.88 bits per heavy atom. The summed E-state index contributed by atoms with van der Waals surface area (Å²) in [5, 5.41) is 0. The summed E-state index contributed by atoms with van der Waals surface area (Å²) < 4.78 is 13.7. The van der Waals surface area contributed by atoms with Crippen molar-refractivity contribution in [2.24, 2.45) is 5.92 Å². The van der Waals surface area contributed by atoms with Crippen molar-refractivity contribution in [2.75, 3.05) is 12.3 Å². The Morgan fingerprint density at radius 1 is 1.59 bits per heavy atom. The molecule has 0 aliphatic carbocycles. The molecule has 2 unspecified atom stereocenters. The lowest BCUT2D eigenvalue weighted by Crippen LogP contribution is -2.34. The molecular formula is C12H16FN3O. The molecule has 2 heterocycles. The predicted molar refractivity (Wildman–Crippen MR) is 62.9 cm³/mol. The summed E-state index contributed by atoms with van der Waals surface area (Å²) >= 11 is 0. The molecule has 0 saturated carbocycles. The highest BCUT2D eigenvalue weighted by atomic mass is 19.1. The standard InChI is InChI=1S/C12H16FN3O/c1-7-5-8(2)16(6-7)12(17)9-3-4-15-11(14)10(9)13/h3-4,7-8H,5-6H2,1-2H3,(H2,14,15). The summed E-state index contributed by atoms with van der Waals surface area (Å²) in [5.74, 6) is -0.787. The van der Waals surface area contributed by atoms with Crippen molar-refractivity contribution in [1.29, 1.82) is 0 Å². The van der Waals surface area contributed by atoms with Gasteiger partial charge in [-0.05, 0) is 25.3 Å². The average molecular weight is 237 g/mol. The first-order chi connectivity index (χ1) is 8.00. The minimum Gasteiger partial charge on any atom is -0.381 e. The second-order valence-electron chi connectivity index (χ2n) is 4.71. The molecule has 0 spiro atoms. The van der Waals surface area contributed by atoms with Gasteiger partial charge in [0.15, 0.2) is 11.6 Å². The number of nitrogen functional groups attached to an aromatic ring is 1. The molecule has 1 amide bonds. The van der Waals surface area contributed by atoms with Crippen molar-refractivity contribution in [2.45, 2.75) is 26.3 Å². The highest BCUT2D eigenvalue weighted by Gasteiger charge is 2.32. The monoisotopic (exact) mass is 237 g/mol. The van der Waals surface area contributed by atoms with Crippen LogP contribution >= 0.6 is 0 Å². The molecule has 0 aromatic carbocycles. The summed E-state index contributed by atoms with van der Waals surface area (Å²) in [6.45, 7) is 4.73. The number of halogens is 1. The van der Waals surface area contributed by atoms with E-state index in [0.717, 1.165) is 6.42 Å². The lowest BCUT2D eigenvalue weighted by atomic mass is 10.1. The Labute approximate surface area is 99.6 Å². The van der Waals surface area contributed by atoms with Crippen molar-refractivity contribution < 1.29 is 9.18 Å². The van der Waals surface area contributed by atoms with Gasteiger partial charge in [-0.1, -0.05) is 6.92 Å². The minimum atomic E-state index is -0.718. The molecule has 1 aliphatic heterocycles. The Bertz CT molecular complexity index is 449. The summed E-state index contributed by atoms with van der Waals surface area (Å²) in [6.07, 6.45) is 2.31. The van der Waals surface area contributed by atoms with Crippen LogP contribution in [0.15, 0.2) is 12.3 Å². The maximum absolute atomic E-state index is 13.7. The third-order valence-electron chi connectivity index (χ3n) is 3.19. The van der Waals surface area contributed by atoms with E-state index in [2.05, 4.69) is 11.9 Å². The summed E-state index contributed by atoms with van der Waals surface area (Å²) in [7, 11) is 0. The molecule has 1 fully saturated rings. The molecule has 5 heteroatoms. The van der Waals surface area contributed by atoms with Crippen LogP contribution in [-0.2, 0) is 0 Å². The first-order valence-corrected chi connectivity index (χ1v) is 5.71. The van der Waals surface area contributed by atoms with Crippen molar-refractivity contribution in [3.63, 3.8) is 0 Å². The second-order valence-corrected chi connectivity index (χ2v) is 4.71. The van der Waals surface area contributed by atoms with Gasteiger partial charge in [-0.2, -0.15) is 0 Å². The van der Waals surface area contributed by atoms with Gasteiger partial charge in [0.25, 0.3) is 5.91 Å². The molecule has 1 aromatic heterocycles. The molecular weight excluding hydrogens is 221 g/mol. The lowest BCUT2D eigenvalue weighted by Gasteiger charge is -2.21. The van der Waals surface area contributed by atoms with Crippen molar-refractivity contribution in [3.05, 3.63) is 23.6 Å². The number of hydrogen-bond donors (Lipinski definition) is 1. The SMILES string of the molecule is CC1CC(C)N(C(=O)c2ccnc(N)c2F)C1. The molecule has 2 atom stereocenters. The van der Waals surface area contributed by atoms with Crippen molar-refractivity contribution >= 4 is 11.7 Å². The normalized spacial score (nSPS) is 24.1. The third-order valence-corrected chi connectivity index (χ3v) is 3.19. The molecule has 2 rings (SSSR count). The maximum atomic E-state index is 13.7. The van der Waals surface area contributed by atoms with Gasteiger partial charge in [0.1, 0.15) is 0 Å². The van der Waals surface area contributed by atoms with E-state index < -0.39 is 5.82 Å². The van der Waals surface area contributed by atoms with Gasteiger partial charge in [0, 0.05) is 18.8 Å². The fourth-order valence-corrected chi connectivity index (χ4v) is 2.36. The molecule has 0 radical (unpaired) electrons. The number of rotatable bonds is 1. The minimum absolute atomic E-state index is 0.0125. The Hall–Kier alpha value is -1.65. The number of carbonyl (C=O) groups is 1. The molecule has 1 aliphatic rings. The zero-order chi connectivity index (χ0) is 12.6. The van der Waals surface area contributed by atoms with Gasteiger partial charge >= 0.3 is 0 Å². The summed E-state index contributed by atoms with van der Waals surface area (Å²) in [5.41, 5.74) is 5.37. The van der Waals surface area contributed by atoms with E-state index >= 15 is 0 Å². The van der Waals surface area contributed by atoms with Gasteiger partial charge in [-0.25, -0.2) is 9.37 Å². The van der Waals surface area contributed by atoms with Crippen molar-refractivity contribution in [3.8, 4) is 0 Å². The lowest BCUT2D eigenvalue weighted by molar-refractivity contribution is 0.0739. The van der Waals surface area contributed by atoms with Gasteiger partial charge < -0.3 is 10.6 Å². The number of anilines is 1. The number of carbonyl (C=O) groups excluding carboxylic acids is 1. The van der Waals surface area contributed by atoms with E-state index in [4.69, 9.17) is 5.73 Å². The number of hydrogen-bond acceptors (Lipinski definition) is 3. The van der Waals surface area contributed by atoms with Gasteiger partial charge in [-0.3, -0.25) is 4.79 Å². The third kappa shape index (κ3) is 2.09. The van der Waals surface area contributed by atoms with E-state index in [1.54, 1.807) is 4.90 Å². The highest BCUT2D eigenvalue weighted by molar-refractivity contribution is 5.95. The van der Waals surface area contributed by atoms with Crippen LogP contribution in [0.4, 0.5) is 10.2 Å². The van der Waals surface area contributed by atoms with E-state index in [1.807, 2.05) is 6.92 Å². The zero-order valence-electron chi connectivity index (χ0n) is 9.98. The van der Waals surface area contributed by atoms with Crippen LogP contribution in [-0.4, -0.2) is 28.4 Å². The molecule has 1 aromatic rings. The van der Waals surface area contributed by atoms with Crippen LogP contribution in [0, 0.1) is 11.7 Å². The number of pyridine rings is 1. The largest absolute Gasteiger partial charge is 0.381 e. The summed E-state index contributed by atoms with van der Waals surface area (Å²) in [4.78, 5) is 17.5. The topological polar surface area (TPSA) is 59.2 Å². The molecule has 4 nitrogen and oxygen atoms in total. The number of likely N-dealkylation sites (tertiary alicyclic amines) is 1. The fraction of sp³-hybridized carbons (Fsp3) is 0.500. The molecule has 0 bridgehead atoms. The van der Waals surface area contributed by atoms with Crippen LogP contribution < -0.4 is 5.73 Å². The van der Waals surface area contributed by atoms with Crippen LogP contribution in [0.5, 0.6) is 0 Å². The average Bonchev–Trinajstić information content (AvgIpc) is 2.61. The predicted octanol–water partition coefficient (Wildman–Crippen LogP) is 1.67. The molecule has 17 heavy (non-hydrogen) atoms. The maximum Gasteiger partial charge on any atom is 0.257 e. The second kappa shape index (κ2) is 4.31. The van der Waals surface area contributed by atoms with E-state index in [9.17, 15) is 9.18 Å². The van der Waals surface area contributed by atoms with Gasteiger partial charge in [0.2, 0.25) is 0 Å². The fourth-order valence-electron chi connectivity index (χ4n) is 2.36. The van der Waals surface area contributed by atoms with Crippen LogP contribution in [0.25, 0.3) is 0 Å². The van der Waals surface area contributed by atoms with Gasteiger partial charge in [0.05, 0.1) is 5.56 Å². The smallest absolute Gasteiger partial charge is 0.257 e. The zero-order valence-corrected chi connectivity index (χ0v) is 9.98. The Balaban J connectivity index is 2.29. The van der Waals surface area contributed by atoms with Crippen molar-refractivity contribution in [1.82, 2.24) is 9.88 Å². The van der Waals surface area contributed by atoms with Crippen LogP contribution in [0.1, 0.15) is 30.6 Å². The molecule has 2 N–H and O–H groups in total. The van der Waals surface area contributed by atoms with Crippen LogP contribution in [0.2, 0.25) is 0 Å². The molecule has 92 valence electrons. The first-order valence-electron chi connectivity index (χ1n) is 5.71. The quantitative estimate of drug-likeness (QED) is 0.808.